The molecular formula is C14H18O4. The molecule has 3 rings (SSSR count). The van der Waals surface area contributed by atoms with Crippen LogP contribution in [0.3, 0.4) is 0 Å². The summed E-state index contributed by atoms with van der Waals surface area (Å²) in [5.74, 6) is 1.88. The van der Waals surface area contributed by atoms with E-state index in [4.69, 9.17) is 14.2 Å². The summed E-state index contributed by atoms with van der Waals surface area (Å²) in [6, 6.07) is 5.57. The van der Waals surface area contributed by atoms with E-state index in [0.29, 0.717) is 12.3 Å². The third kappa shape index (κ3) is 2.06. The predicted molar refractivity (Wildman–Crippen MR) is 65.9 cm³/mol. The lowest BCUT2D eigenvalue weighted by molar-refractivity contribution is 0.0300. The van der Waals surface area contributed by atoms with Crippen LogP contribution in [-0.4, -0.2) is 31.5 Å². The van der Waals surface area contributed by atoms with Crippen LogP contribution in [0, 0.1) is 5.92 Å². The lowest BCUT2D eigenvalue weighted by Gasteiger charge is -2.32. The minimum Gasteiger partial charge on any atom is -0.497 e. The van der Waals surface area contributed by atoms with E-state index in [1.54, 1.807) is 7.11 Å². The van der Waals surface area contributed by atoms with Gasteiger partial charge in [-0.05, 0) is 18.6 Å². The summed E-state index contributed by atoms with van der Waals surface area (Å²) in [7, 11) is 1.63. The smallest absolute Gasteiger partial charge is 0.129 e. The van der Waals surface area contributed by atoms with Crippen LogP contribution in [0.15, 0.2) is 18.2 Å². The van der Waals surface area contributed by atoms with Crippen LogP contribution in [0.1, 0.15) is 24.5 Å². The molecule has 0 saturated carbocycles. The third-order valence-corrected chi connectivity index (χ3v) is 3.80. The van der Waals surface area contributed by atoms with Crippen molar-refractivity contribution in [3.05, 3.63) is 23.8 Å². The van der Waals surface area contributed by atoms with Gasteiger partial charge >= 0.3 is 0 Å². The van der Waals surface area contributed by atoms with Crippen LogP contribution < -0.4 is 9.47 Å². The zero-order valence-electron chi connectivity index (χ0n) is 10.5. The van der Waals surface area contributed by atoms with Gasteiger partial charge in [0.1, 0.15) is 17.6 Å². The Morgan fingerprint density at radius 1 is 1.39 bits per heavy atom. The van der Waals surface area contributed by atoms with E-state index in [-0.39, 0.29) is 6.10 Å². The van der Waals surface area contributed by atoms with Gasteiger partial charge in [0.15, 0.2) is 0 Å². The van der Waals surface area contributed by atoms with Crippen LogP contribution in [-0.2, 0) is 4.74 Å². The first-order valence-electron chi connectivity index (χ1n) is 6.38. The molecule has 1 saturated heterocycles. The molecule has 98 valence electrons. The molecule has 0 aromatic heterocycles. The molecular weight excluding hydrogens is 232 g/mol. The quantitative estimate of drug-likeness (QED) is 0.871. The van der Waals surface area contributed by atoms with E-state index in [9.17, 15) is 5.11 Å². The Morgan fingerprint density at radius 2 is 2.28 bits per heavy atom. The molecule has 2 aliphatic heterocycles. The van der Waals surface area contributed by atoms with Crippen molar-refractivity contribution in [1.29, 1.82) is 0 Å². The van der Waals surface area contributed by atoms with Gasteiger partial charge in [0.25, 0.3) is 0 Å². The van der Waals surface area contributed by atoms with Crippen molar-refractivity contribution in [3.63, 3.8) is 0 Å². The zero-order valence-corrected chi connectivity index (χ0v) is 10.5. The summed E-state index contributed by atoms with van der Waals surface area (Å²) in [5, 5.41) is 10.2. The van der Waals surface area contributed by atoms with Gasteiger partial charge in [0.05, 0.1) is 19.8 Å². The number of rotatable bonds is 2. The highest BCUT2D eigenvalue weighted by Gasteiger charge is 2.34. The minimum absolute atomic E-state index is 0.0436. The van der Waals surface area contributed by atoms with Crippen molar-refractivity contribution in [2.75, 3.05) is 20.3 Å². The number of aliphatic hydroxyl groups is 1. The standard InChI is InChI=1S/C14H18O4/c1-16-10-2-3-11-12(15)7-13(18-14(11)6-10)9-4-5-17-8-9/h2-3,6,9,12-13,15H,4-5,7-8H2,1H3/t9?,12-,13?/m0/s1. The maximum absolute atomic E-state index is 10.2. The van der Waals surface area contributed by atoms with Crippen molar-refractivity contribution in [2.24, 2.45) is 5.92 Å². The number of benzene rings is 1. The van der Waals surface area contributed by atoms with E-state index in [1.165, 1.54) is 0 Å². The molecule has 0 bridgehead atoms. The summed E-state index contributed by atoms with van der Waals surface area (Å²) < 4.78 is 16.6. The highest BCUT2D eigenvalue weighted by atomic mass is 16.5. The molecule has 2 heterocycles. The molecule has 0 aliphatic carbocycles. The van der Waals surface area contributed by atoms with E-state index in [0.717, 1.165) is 36.7 Å². The van der Waals surface area contributed by atoms with E-state index in [1.807, 2.05) is 18.2 Å². The van der Waals surface area contributed by atoms with Gasteiger partial charge in [0, 0.05) is 30.6 Å². The summed E-state index contributed by atoms with van der Waals surface area (Å²) in [6.07, 6.45) is 1.25. The Kier molecular flexibility index (Phi) is 3.14. The second-order valence-corrected chi connectivity index (χ2v) is 4.94. The van der Waals surface area contributed by atoms with Crippen LogP contribution in [0.2, 0.25) is 0 Å². The van der Waals surface area contributed by atoms with Gasteiger partial charge in [-0.25, -0.2) is 0 Å². The monoisotopic (exact) mass is 250 g/mol. The first kappa shape index (κ1) is 11.8. The van der Waals surface area contributed by atoms with Crippen LogP contribution in [0.4, 0.5) is 0 Å². The van der Waals surface area contributed by atoms with Gasteiger partial charge in [-0.1, -0.05) is 0 Å². The lowest BCUT2D eigenvalue weighted by atomic mass is 9.91. The molecule has 2 aliphatic rings. The zero-order chi connectivity index (χ0) is 12.5. The number of hydrogen-bond donors (Lipinski definition) is 1. The average molecular weight is 250 g/mol. The summed E-state index contributed by atoms with van der Waals surface area (Å²) in [4.78, 5) is 0. The molecule has 1 N–H and O–H groups in total. The van der Waals surface area contributed by atoms with Crippen molar-refractivity contribution in [3.8, 4) is 11.5 Å². The Hall–Kier alpha value is -1.26. The van der Waals surface area contributed by atoms with Gasteiger partial charge < -0.3 is 19.3 Å². The minimum atomic E-state index is -0.453. The number of fused-ring (bicyclic) bond motifs is 1. The molecule has 1 aromatic carbocycles. The van der Waals surface area contributed by atoms with Crippen molar-refractivity contribution in [1.82, 2.24) is 0 Å². The van der Waals surface area contributed by atoms with E-state index < -0.39 is 6.10 Å². The maximum Gasteiger partial charge on any atom is 0.129 e. The summed E-state index contributed by atoms with van der Waals surface area (Å²) >= 11 is 0. The number of ether oxygens (including phenoxy) is 3. The van der Waals surface area contributed by atoms with Gasteiger partial charge in [-0.15, -0.1) is 0 Å². The highest BCUT2D eigenvalue weighted by Crippen LogP contribution is 2.40. The topological polar surface area (TPSA) is 47.9 Å². The van der Waals surface area contributed by atoms with Crippen molar-refractivity contribution in [2.45, 2.75) is 25.0 Å². The fourth-order valence-corrected chi connectivity index (χ4v) is 2.71. The van der Waals surface area contributed by atoms with Crippen LogP contribution >= 0.6 is 0 Å². The second kappa shape index (κ2) is 4.78. The molecule has 0 amide bonds. The van der Waals surface area contributed by atoms with Crippen LogP contribution in [0.25, 0.3) is 0 Å². The molecule has 0 spiro atoms. The maximum atomic E-state index is 10.2. The molecule has 4 heteroatoms. The Balaban J connectivity index is 1.85. The molecule has 2 unspecified atom stereocenters. The van der Waals surface area contributed by atoms with Crippen molar-refractivity contribution < 1.29 is 19.3 Å². The first-order valence-corrected chi connectivity index (χ1v) is 6.38. The SMILES string of the molecule is COc1ccc2c(c1)OC(C1CCOC1)C[C@@H]2O. The van der Waals surface area contributed by atoms with E-state index >= 15 is 0 Å². The van der Waals surface area contributed by atoms with Crippen molar-refractivity contribution >= 4 is 0 Å². The van der Waals surface area contributed by atoms with Gasteiger partial charge in [-0.3, -0.25) is 0 Å². The Labute approximate surface area is 106 Å². The Morgan fingerprint density at radius 3 is 3.00 bits per heavy atom. The Bertz CT molecular complexity index is 426. The molecule has 3 atom stereocenters. The second-order valence-electron chi connectivity index (χ2n) is 4.94. The normalized spacial score (nSPS) is 30.7. The fourth-order valence-electron chi connectivity index (χ4n) is 2.71. The molecule has 4 nitrogen and oxygen atoms in total. The number of methoxy groups -OCH3 is 1. The summed E-state index contributed by atoms with van der Waals surface area (Å²) in [5.41, 5.74) is 0.853. The average Bonchev–Trinajstić information content (AvgIpc) is 2.91. The fraction of sp³-hybridized carbons (Fsp3) is 0.571. The number of hydrogen-bond acceptors (Lipinski definition) is 4. The number of aliphatic hydroxyl groups excluding tert-OH is 1. The first-order chi connectivity index (χ1) is 8.78. The van der Waals surface area contributed by atoms with Crippen LogP contribution in [0.5, 0.6) is 11.5 Å². The molecule has 0 radical (unpaired) electrons. The van der Waals surface area contributed by atoms with E-state index in [2.05, 4.69) is 0 Å². The lowest BCUT2D eigenvalue weighted by Crippen LogP contribution is -2.33. The third-order valence-electron chi connectivity index (χ3n) is 3.80. The molecule has 1 fully saturated rings. The largest absolute Gasteiger partial charge is 0.497 e. The molecule has 18 heavy (non-hydrogen) atoms. The highest BCUT2D eigenvalue weighted by molar-refractivity contribution is 5.43. The molecule has 1 aromatic rings. The van der Waals surface area contributed by atoms with Gasteiger partial charge in [0.2, 0.25) is 0 Å². The summed E-state index contributed by atoms with van der Waals surface area (Å²) in [6.45, 7) is 1.53. The predicted octanol–water partition coefficient (Wildman–Crippen LogP) is 1.92. The van der Waals surface area contributed by atoms with Gasteiger partial charge in [-0.2, -0.15) is 0 Å².